The minimum absolute atomic E-state index is 0.230. The molecule has 2 amide bonds. The predicted molar refractivity (Wildman–Crippen MR) is 155 cm³/mol. The summed E-state index contributed by atoms with van der Waals surface area (Å²) in [5.41, 5.74) is 0.793. The number of imidazole rings is 1. The fourth-order valence-corrected chi connectivity index (χ4v) is 5.05. The number of hydrogen-bond acceptors (Lipinski definition) is 11. The fourth-order valence-electron chi connectivity index (χ4n) is 5.05. The first-order valence-electron chi connectivity index (χ1n) is 15.0. The molecular weight excluding hydrogens is 546 g/mol. The Morgan fingerprint density at radius 3 is 2.36 bits per heavy atom. The van der Waals surface area contributed by atoms with Gasteiger partial charge in [-0.1, -0.05) is 65.2 Å². The summed E-state index contributed by atoms with van der Waals surface area (Å²) in [5.74, 6) is 0.0943. The normalized spacial score (nSPS) is 23.2. The van der Waals surface area contributed by atoms with Gasteiger partial charge in [-0.2, -0.15) is 0 Å². The molecule has 1 unspecified atom stereocenters. The van der Waals surface area contributed by atoms with Crippen LogP contribution in [-0.4, -0.2) is 102 Å². The van der Waals surface area contributed by atoms with Crippen LogP contribution in [0.5, 0.6) is 0 Å². The van der Waals surface area contributed by atoms with E-state index < -0.39 is 49.2 Å². The molecule has 2 aromatic heterocycles. The van der Waals surface area contributed by atoms with Crippen LogP contribution in [0.2, 0.25) is 0 Å². The molecule has 0 radical (unpaired) electrons. The standard InChI is InChI=1S/C28H47N7O7/c1-17(2)11-9-7-5-3-4-6-8-10-12-19(38)29-13-20(39)34-21-23(40)24(41)28(42-25(21)18(37)14-36)35-27-22-26(31-15-30-22)32-16-33-27/h15-18,21,23-25,28,36-37,40-41H,3-14H2,1-2H3,(H,29,38)(H,34,39)(H2,30,31,32,33,35)/t18?,21-,23-,24-,25+,28+/m1/s1. The molecule has 8 N–H and O–H groups in total. The molecule has 0 bridgehead atoms. The number of hydrogen-bond donors (Lipinski definition) is 8. The van der Waals surface area contributed by atoms with Crippen molar-refractivity contribution in [3.8, 4) is 0 Å². The number of unbranched alkanes of at least 4 members (excludes halogenated alkanes) is 7. The van der Waals surface area contributed by atoms with Crippen molar-refractivity contribution in [3.05, 3.63) is 12.7 Å². The number of aliphatic hydroxyl groups excluding tert-OH is 4. The zero-order valence-corrected chi connectivity index (χ0v) is 24.5. The van der Waals surface area contributed by atoms with Gasteiger partial charge in [0.25, 0.3) is 0 Å². The van der Waals surface area contributed by atoms with E-state index in [0.29, 0.717) is 17.6 Å². The minimum Gasteiger partial charge on any atom is -0.394 e. The van der Waals surface area contributed by atoms with E-state index in [1.54, 1.807) is 0 Å². The topological polar surface area (TPSA) is 215 Å². The molecule has 14 nitrogen and oxygen atoms in total. The third-order valence-corrected chi connectivity index (χ3v) is 7.46. The predicted octanol–water partition coefficient (Wildman–Crippen LogP) is 0.723. The summed E-state index contributed by atoms with van der Waals surface area (Å²) in [6.07, 6.45) is 6.04. The number of carbonyl (C=O) groups excluding carboxylic acids is 2. The number of carbonyl (C=O) groups is 2. The van der Waals surface area contributed by atoms with Gasteiger partial charge in [0.2, 0.25) is 11.8 Å². The van der Waals surface area contributed by atoms with Crippen LogP contribution in [0.1, 0.15) is 78.1 Å². The summed E-state index contributed by atoms with van der Waals surface area (Å²) < 4.78 is 5.78. The smallest absolute Gasteiger partial charge is 0.239 e. The molecule has 236 valence electrons. The monoisotopic (exact) mass is 593 g/mol. The van der Waals surface area contributed by atoms with Gasteiger partial charge in [-0.3, -0.25) is 9.59 Å². The van der Waals surface area contributed by atoms with E-state index in [-0.39, 0.29) is 18.3 Å². The molecule has 0 aromatic carbocycles. The van der Waals surface area contributed by atoms with Gasteiger partial charge < -0.3 is 46.1 Å². The van der Waals surface area contributed by atoms with Gasteiger partial charge in [-0.05, 0) is 12.3 Å². The van der Waals surface area contributed by atoms with Crippen LogP contribution in [0, 0.1) is 5.92 Å². The Morgan fingerprint density at radius 2 is 1.67 bits per heavy atom. The number of nitrogens with zero attached hydrogens (tertiary/aromatic N) is 3. The first-order chi connectivity index (χ1) is 20.2. The zero-order chi connectivity index (χ0) is 30.5. The average Bonchev–Trinajstić information content (AvgIpc) is 3.46. The Bertz CT molecular complexity index is 1100. The van der Waals surface area contributed by atoms with Crippen LogP contribution in [0.4, 0.5) is 5.82 Å². The SMILES string of the molecule is CC(C)CCCCCCCCCCC(=O)NCC(=O)N[C@@H]1[C@@H](O)[C@@H](O)[C@@H](Nc2ncnc3nc[nH]c23)O[C@H]1C(O)CO. The van der Waals surface area contributed by atoms with Crippen LogP contribution in [-0.2, 0) is 14.3 Å². The molecule has 14 heteroatoms. The highest BCUT2D eigenvalue weighted by Gasteiger charge is 2.48. The van der Waals surface area contributed by atoms with E-state index in [1.165, 1.54) is 44.8 Å². The molecule has 3 rings (SSSR count). The minimum atomic E-state index is -1.59. The molecular formula is C28H47N7O7. The van der Waals surface area contributed by atoms with Crippen LogP contribution in [0.15, 0.2) is 12.7 Å². The molecule has 0 spiro atoms. The lowest BCUT2D eigenvalue weighted by molar-refractivity contribution is -0.204. The highest BCUT2D eigenvalue weighted by atomic mass is 16.5. The number of anilines is 1. The van der Waals surface area contributed by atoms with E-state index in [2.05, 4.69) is 49.7 Å². The highest BCUT2D eigenvalue weighted by Crippen LogP contribution is 2.26. The quantitative estimate of drug-likeness (QED) is 0.113. The van der Waals surface area contributed by atoms with Gasteiger partial charge in [0.05, 0.1) is 25.5 Å². The van der Waals surface area contributed by atoms with Crippen molar-refractivity contribution in [1.82, 2.24) is 30.6 Å². The summed E-state index contributed by atoms with van der Waals surface area (Å²) in [6.45, 7) is 3.43. The third-order valence-electron chi connectivity index (χ3n) is 7.46. The van der Waals surface area contributed by atoms with Crippen molar-refractivity contribution in [2.45, 2.75) is 115 Å². The Kier molecular flexibility index (Phi) is 13.8. The average molecular weight is 594 g/mol. The van der Waals surface area contributed by atoms with Gasteiger partial charge in [0.1, 0.15) is 36.3 Å². The molecule has 1 aliphatic rings. The second-order valence-corrected chi connectivity index (χ2v) is 11.4. The highest BCUT2D eigenvalue weighted by molar-refractivity contribution is 5.85. The lowest BCUT2D eigenvalue weighted by Crippen LogP contribution is -2.68. The third kappa shape index (κ3) is 10.1. The Hall–Kier alpha value is -2.91. The van der Waals surface area contributed by atoms with Gasteiger partial charge in [-0.15, -0.1) is 0 Å². The van der Waals surface area contributed by atoms with Crippen molar-refractivity contribution < 1.29 is 34.8 Å². The number of rotatable bonds is 18. The van der Waals surface area contributed by atoms with E-state index in [0.717, 1.165) is 31.6 Å². The summed E-state index contributed by atoms with van der Waals surface area (Å²) in [5, 5.41) is 49.5. The van der Waals surface area contributed by atoms with Crippen molar-refractivity contribution in [2.24, 2.45) is 5.92 Å². The maximum Gasteiger partial charge on any atom is 0.239 e. The van der Waals surface area contributed by atoms with E-state index in [4.69, 9.17) is 4.74 Å². The number of ether oxygens (including phenoxy) is 1. The van der Waals surface area contributed by atoms with E-state index in [1.807, 2.05) is 0 Å². The second kappa shape index (κ2) is 17.3. The number of nitrogens with one attached hydrogen (secondary N) is 4. The van der Waals surface area contributed by atoms with Crippen molar-refractivity contribution in [3.63, 3.8) is 0 Å². The van der Waals surface area contributed by atoms with Crippen molar-refractivity contribution in [1.29, 1.82) is 0 Å². The first kappa shape index (κ1) is 33.6. The van der Waals surface area contributed by atoms with Gasteiger partial charge in [-0.25, -0.2) is 15.0 Å². The molecule has 0 saturated carbocycles. The molecule has 6 atom stereocenters. The Labute approximate surface area is 246 Å². The van der Waals surface area contributed by atoms with Gasteiger partial charge >= 0.3 is 0 Å². The van der Waals surface area contributed by atoms with Gasteiger partial charge in [0, 0.05) is 6.42 Å². The number of aliphatic hydroxyl groups is 4. The molecule has 3 heterocycles. The van der Waals surface area contributed by atoms with E-state index in [9.17, 15) is 30.0 Å². The molecule has 0 aliphatic carbocycles. The van der Waals surface area contributed by atoms with Crippen LogP contribution in [0.25, 0.3) is 11.2 Å². The maximum absolute atomic E-state index is 12.6. The summed E-state index contributed by atoms with van der Waals surface area (Å²) in [4.78, 5) is 39.8. The first-order valence-corrected chi connectivity index (χ1v) is 15.0. The zero-order valence-electron chi connectivity index (χ0n) is 24.5. The molecule has 1 aliphatic heterocycles. The summed E-state index contributed by atoms with van der Waals surface area (Å²) >= 11 is 0. The Morgan fingerprint density at radius 1 is 0.976 bits per heavy atom. The molecule has 2 aromatic rings. The molecule has 1 saturated heterocycles. The summed E-state index contributed by atoms with van der Waals surface area (Å²) in [7, 11) is 0. The summed E-state index contributed by atoms with van der Waals surface area (Å²) in [6, 6.07) is -1.27. The van der Waals surface area contributed by atoms with Gasteiger partial charge in [0.15, 0.2) is 17.7 Å². The van der Waals surface area contributed by atoms with Crippen LogP contribution < -0.4 is 16.0 Å². The largest absolute Gasteiger partial charge is 0.394 e. The number of H-pyrrole nitrogens is 1. The lowest BCUT2D eigenvalue weighted by atomic mass is 9.92. The Balaban J connectivity index is 1.41. The number of aromatic amines is 1. The molecule has 1 fully saturated rings. The van der Waals surface area contributed by atoms with Crippen LogP contribution in [0.3, 0.4) is 0 Å². The second-order valence-electron chi connectivity index (χ2n) is 11.4. The lowest BCUT2D eigenvalue weighted by Gasteiger charge is -2.44. The number of aromatic nitrogens is 4. The molecule has 42 heavy (non-hydrogen) atoms. The number of amides is 2. The van der Waals surface area contributed by atoms with Crippen LogP contribution >= 0.6 is 0 Å². The number of fused-ring (bicyclic) bond motifs is 1. The van der Waals surface area contributed by atoms with Crippen molar-refractivity contribution >= 4 is 28.8 Å². The maximum atomic E-state index is 12.6. The van der Waals surface area contributed by atoms with E-state index >= 15 is 0 Å². The fraction of sp³-hybridized carbons (Fsp3) is 0.750. The van der Waals surface area contributed by atoms with Crippen molar-refractivity contribution in [2.75, 3.05) is 18.5 Å².